The van der Waals surface area contributed by atoms with E-state index in [0.29, 0.717) is 24.5 Å². The molecule has 0 atom stereocenters. The van der Waals surface area contributed by atoms with E-state index >= 15 is 0 Å². The molecule has 1 heterocycles. The van der Waals surface area contributed by atoms with Crippen molar-refractivity contribution in [2.24, 2.45) is 5.73 Å². The van der Waals surface area contributed by atoms with Crippen LogP contribution in [0.2, 0.25) is 0 Å². The Hall–Kier alpha value is -1.82. The molecule has 0 saturated carbocycles. The lowest BCUT2D eigenvalue weighted by Gasteiger charge is -2.04. The molecule has 0 saturated heterocycles. The Bertz CT molecular complexity index is 468. The summed E-state index contributed by atoms with van der Waals surface area (Å²) in [5, 5.41) is 11.2. The number of halogens is 1. The van der Waals surface area contributed by atoms with E-state index in [2.05, 4.69) is 15.5 Å². The van der Waals surface area contributed by atoms with Gasteiger partial charge in [0, 0.05) is 6.54 Å². The summed E-state index contributed by atoms with van der Waals surface area (Å²) in [5.74, 6) is 0.109. The fourth-order valence-electron chi connectivity index (χ4n) is 1.43. The number of benzene rings is 1. The van der Waals surface area contributed by atoms with Crippen LogP contribution in [0.15, 0.2) is 24.3 Å². The van der Waals surface area contributed by atoms with Crippen LogP contribution in [0.3, 0.4) is 0 Å². The van der Waals surface area contributed by atoms with Crippen molar-refractivity contribution in [1.29, 1.82) is 0 Å². The Morgan fingerprint density at radius 1 is 1.31 bits per heavy atom. The van der Waals surface area contributed by atoms with Gasteiger partial charge in [0.15, 0.2) is 5.82 Å². The molecule has 6 heteroatoms. The van der Waals surface area contributed by atoms with Crippen molar-refractivity contribution in [3.63, 3.8) is 0 Å². The molecule has 0 aliphatic rings. The van der Waals surface area contributed by atoms with Crippen molar-refractivity contribution in [3.05, 3.63) is 30.1 Å². The predicted molar refractivity (Wildman–Crippen MR) is 56.9 cm³/mol. The third kappa shape index (κ3) is 2.06. The van der Waals surface area contributed by atoms with Gasteiger partial charge in [0.25, 0.3) is 0 Å². The molecule has 2 N–H and O–H groups in total. The highest BCUT2D eigenvalue weighted by atomic mass is 19.1. The number of nitrogens with two attached hydrogens (primary N) is 1. The average molecular weight is 221 g/mol. The lowest BCUT2D eigenvalue weighted by Crippen LogP contribution is -2.08. The minimum atomic E-state index is -0.328. The van der Waals surface area contributed by atoms with Crippen molar-refractivity contribution in [3.8, 4) is 11.4 Å². The molecule has 0 unspecified atom stereocenters. The third-order valence-corrected chi connectivity index (χ3v) is 2.22. The smallest absolute Gasteiger partial charge is 0.184 e. The van der Waals surface area contributed by atoms with E-state index in [-0.39, 0.29) is 5.82 Å². The maximum atomic E-state index is 13.5. The van der Waals surface area contributed by atoms with E-state index in [1.54, 1.807) is 22.9 Å². The average Bonchev–Trinajstić information content (AvgIpc) is 2.75. The quantitative estimate of drug-likeness (QED) is 0.830. The summed E-state index contributed by atoms with van der Waals surface area (Å²) in [6.07, 6.45) is 0.756. The second-order valence-corrected chi connectivity index (χ2v) is 3.35. The van der Waals surface area contributed by atoms with Gasteiger partial charge in [0.05, 0.1) is 5.56 Å². The number of hydrogen-bond donors (Lipinski definition) is 1. The molecule has 2 aromatic rings. The standard InChI is InChI=1S/C10H12FN5/c11-9-5-2-1-4-8(9)10-13-14-15-16(10)7-3-6-12/h1-2,4-5H,3,6-7,12H2. The van der Waals surface area contributed by atoms with Crippen molar-refractivity contribution in [2.75, 3.05) is 6.54 Å². The first-order valence-electron chi connectivity index (χ1n) is 5.04. The Kier molecular flexibility index (Phi) is 3.21. The summed E-state index contributed by atoms with van der Waals surface area (Å²) in [6.45, 7) is 1.14. The van der Waals surface area contributed by atoms with Gasteiger partial charge < -0.3 is 5.73 Å². The zero-order valence-electron chi connectivity index (χ0n) is 8.67. The molecular formula is C10H12FN5. The van der Waals surface area contributed by atoms with Crippen LogP contribution in [0.1, 0.15) is 6.42 Å². The molecule has 0 amide bonds. The number of hydrogen-bond acceptors (Lipinski definition) is 4. The summed E-state index contributed by atoms with van der Waals surface area (Å²) in [7, 11) is 0. The maximum Gasteiger partial charge on any atom is 0.184 e. The molecular weight excluding hydrogens is 209 g/mol. The molecule has 5 nitrogen and oxygen atoms in total. The number of aromatic nitrogens is 4. The van der Waals surface area contributed by atoms with Crippen LogP contribution in [-0.2, 0) is 6.54 Å². The lowest BCUT2D eigenvalue weighted by atomic mass is 10.2. The molecule has 0 aliphatic carbocycles. The van der Waals surface area contributed by atoms with E-state index in [0.717, 1.165) is 6.42 Å². The molecule has 1 aromatic heterocycles. The molecule has 2 rings (SSSR count). The van der Waals surface area contributed by atoms with Gasteiger partial charge in [0.1, 0.15) is 5.82 Å². The summed E-state index contributed by atoms with van der Waals surface area (Å²) in [5.41, 5.74) is 5.81. The highest BCUT2D eigenvalue weighted by molar-refractivity contribution is 5.55. The van der Waals surface area contributed by atoms with E-state index in [9.17, 15) is 4.39 Å². The molecule has 16 heavy (non-hydrogen) atoms. The van der Waals surface area contributed by atoms with Gasteiger partial charge >= 0.3 is 0 Å². The van der Waals surface area contributed by atoms with Crippen LogP contribution in [0.25, 0.3) is 11.4 Å². The van der Waals surface area contributed by atoms with E-state index < -0.39 is 0 Å². The Labute approximate surface area is 92.1 Å². The van der Waals surface area contributed by atoms with Crippen LogP contribution in [-0.4, -0.2) is 26.8 Å². The SMILES string of the molecule is NCCCn1nnnc1-c1ccccc1F. The predicted octanol–water partition coefficient (Wildman–Crippen LogP) is 0.828. The van der Waals surface area contributed by atoms with Gasteiger partial charge in [-0.3, -0.25) is 0 Å². The van der Waals surface area contributed by atoms with Gasteiger partial charge in [-0.1, -0.05) is 12.1 Å². The number of aryl methyl sites for hydroxylation is 1. The van der Waals surface area contributed by atoms with Crippen LogP contribution >= 0.6 is 0 Å². The largest absolute Gasteiger partial charge is 0.330 e. The van der Waals surface area contributed by atoms with E-state index in [1.165, 1.54) is 6.07 Å². The summed E-state index contributed by atoms with van der Waals surface area (Å²) in [6, 6.07) is 6.42. The maximum absolute atomic E-state index is 13.5. The van der Waals surface area contributed by atoms with Gasteiger partial charge in [-0.15, -0.1) is 5.10 Å². The highest BCUT2D eigenvalue weighted by Crippen LogP contribution is 2.19. The van der Waals surface area contributed by atoms with E-state index in [1.807, 2.05) is 0 Å². The Morgan fingerprint density at radius 3 is 2.88 bits per heavy atom. The minimum absolute atomic E-state index is 0.328. The minimum Gasteiger partial charge on any atom is -0.330 e. The summed E-state index contributed by atoms with van der Waals surface area (Å²) < 4.78 is 15.1. The van der Waals surface area contributed by atoms with Crippen LogP contribution < -0.4 is 5.73 Å². The Morgan fingerprint density at radius 2 is 2.12 bits per heavy atom. The second-order valence-electron chi connectivity index (χ2n) is 3.35. The first-order valence-corrected chi connectivity index (χ1v) is 5.04. The topological polar surface area (TPSA) is 69.6 Å². The summed E-state index contributed by atoms with van der Waals surface area (Å²) >= 11 is 0. The van der Waals surface area contributed by atoms with Crippen molar-refractivity contribution in [1.82, 2.24) is 20.2 Å². The third-order valence-electron chi connectivity index (χ3n) is 2.22. The lowest BCUT2D eigenvalue weighted by molar-refractivity contribution is 0.565. The normalized spacial score (nSPS) is 10.6. The van der Waals surface area contributed by atoms with Crippen molar-refractivity contribution < 1.29 is 4.39 Å². The van der Waals surface area contributed by atoms with Crippen molar-refractivity contribution in [2.45, 2.75) is 13.0 Å². The molecule has 0 bridgehead atoms. The second kappa shape index (κ2) is 4.80. The molecule has 0 spiro atoms. The molecule has 84 valence electrons. The van der Waals surface area contributed by atoms with Crippen molar-refractivity contribution >= 4 is 0 Å². The van der Waals surface area contributed by atoms with E-state index in [4.69, 9.17) is 5.73 Å². The van der Waals surface area contributed by atoms with Gasteiger partial charge in [-0.25, -0.2) is 9.07 Å². The number of rotatable bonds is 4. The first kappa shape index (κ1) is 10.7. The molecule has 0 fully saturated rings. The van der Waals surface area contributed by atoms with Gasteiger partial charge in [-0.2, -0.15) is 0 Å². The van der Waals surface area contributed by atoms with Crippen LogP contribution in [0.5, 0.6) is 0 Å². The monoisotopic (exact) mass is 221 g/mol. The number of nitrogens with zero attached hydrogens (tertiary/aromatic N) is 4. The molecule has 0 aliphatic heterocycles. The fourth-order valence-corrected chi connectivity index (χ4v) is 1.43. The fraction of sp³-hybridized carbons (Fsp3) is 0.300. The highest BCUT2D eigenvalue weighted by Gasteiger charge is 2.11. The van der Waals surface area contributed by atoms with Gasteiger partial charge in [0.2, 0.25) is 0 Å². The van der Waals surface area contributed by atoms with Gasteiger partial charge in [-0.05, 0) is 35.5 Å². The van der Waals surface area contributed by atoms with Crippen LogP contribution in [0, 0.1) is 5.82 Å². The first-order chi connectivity index (χ1) is 7.83. The number of tetrazole rings is 1. The molecule has 0 radical (unpaired) electrons. The zero-order valence-corrected chi connectivity index (χ0v) is 8.67. The zero-order chi connectivity index (χ0) is 11.4. The van der Waals surface area contributed by atoms with Crippen LogP contribution in [0.4, 0.5) is 4.39 Å². The Balaban J connectivity index is 2.33. The summed E-state index contributed by atoms with van der Waals surface area (Å²) in [4.78, 5) is 0. The molecule has 1 aromatic carbocycles.